The Morgan fingerprint density at radius 2 is 2.41 bits per heavy atom. The van der Waals surface area contributed by atoms with Crippen LogP contribution >= 0.6 is 11.6 Å². The van der Waals surface area contributed by atoms with Gasteiger partial charge in [-0.2, -0.15) is 0 Å². The summed E-state index contributed by atoms with van der Waals surface area (Å²) in [6.45, 7) is 3.39. The van der Waals surface area contributed by atoms with E-state index in [2.05, 4.69) is 0 Å². The molecule has 3 atom stereocenters. The second-order valence-corrected chi connectivity index (χ2v) is 4.92. The summed E-state index contributed by atoms with van der Waals surface area (Å²) in [4.78, 5) is 0. The highest BCUT2D eigenvalue weighted by atomic mass is 35.5. The number of fused-ring (bicyclic) bond motifs is 1. The minimum absolute atomic E-state index is 0.0493. The molecule has 96 valence electrons. The summed E-state index contributed by atoms with van der Waals surface area (Å²) in [5.41, 5.74) is 12.3. The van der Waals surface area contributed by atoms with Gasteiger partial charge in [0.2, 0.25) is 0 Å². The molecule has 0 radical (unpaired) electrons. The van der Waals surface area contributed by atoms with Gasteiger partial charge in [0.25, 0.3) is 0 Å². The Kier molecular flexibility index (Phi) is 3.78. The third-order valence-electron chi connectivity index (χ3n) is 3.48. The molecular weight excluding hydrogens is 240 g/mol. The minimum Gasteiger partial charge on any atom is -0.403 e. The SMILES string of the molecule is CCC(N)/C(=C\C(Cl)=C/N)C12CCOCC1O2. The lowest BCUT2D eigenvalue weighted by Gasteiger charge is -2.25. The third kappa shape index (κ3) is 2.36. The predicted octanol–water partition coefficient (Wildman–Crippen LogP) is 1.25. The molecule has 2 aliphatic heterocycles. The van der Waals surface area contributed by atoms with Gasteiger partial charge in [0, 0.05) is 25.3 Å². The lowest BCUT2D eigenvalue weighted by Crippen LogP contribution is -2.37. The first-order valence-electron chi connectivity index (χ1n) is 5.94. The summed E-state index contributed by atoms with van der Waals surface area (Å²) >= 11 is 5.98. The van der Waals surface area contributed by atoms with E-state index in [9.17, 15) is 0 Å². The van der Waals surface area contributed by atoms with Gasteiger partial charge in [0.1, 0.15) is 11.7 Å². The number of nitrogens with two attached hydrogens (primary N) is 2. The molecule has 0 aromatic rings. The van der Waals surface area contributed by atoms with Crippen LogP contribution in [0, 0.1) is 0 Å². The summed E-state index contributed by atoms with van der Waals surface area (Å²) in [5.74, 6) is 0. The predicted molar refractivity (Wildman–Crippen MR) is 67.5 cm³/mol. The fourth-order valence-electron chi connectivity index (χ4n) is 2.38. The highest BCUT2D eigenvalue weighted by Gasteiger charge is 2.61. The Hall–Kier alpha value is -0.550. The molecule has 0 amide bonds. The smallest absolute Gasteiger partial charge is 0.122 e. The first-order chi connectivity index (χ1) is 8.14. The molecule has 0 bridgehead atoms. The molecule has 17 heavy (non-hydrogen) atoms. The van der Waals surface area contributed by atoms with E-state index in [1.54, 1.807) is 0 Å². The molecule has 0 saturated carbocycles. The van der Waals surface area contributed by atoms with Crippen molar-refractivity contribution in [3.8, 4) is 0 Å². The number of epoxide rings is 1. The van der Waals surface area contributed by atoms with Crippen LogP contribution in [-0.2, 0) is 9.47 Å². The Morgan fingerprint density at radius 1 is 1.65 bits per heavy atom. The maximum Gasteiger partial charge on any atom is 0.122 e. The van der Waals surface area contributed by atoms with Crippen molar-refractivity contribution in [2.75, 3.05) is 13.2 Å². The van der Waals surface area contributed by atoms with Crippen LogP contribution < -0.4 is 11.5 Å². The van der Waals surface area contributed by atoms with Gasteiger partial charge < -0.3 is 20.9 Å². The normalized spacial score (nSPS) is 35.4. The standard InChI is InChI=1S/C12H19ClN2O2/c1-2-10(15)9(5-8(13)6-14)12-3-4-16-7-11(12)17-12/h5-6,10-11H,2-4,7,14-15H2,1H3/b8-6+,9-5+. The average molecular weight is 259 g/mol. The number of rotatable bonds is 4. The van der Waals surface area contributed by atoms with Crippen LogP contribution in [0.15, 0.2) is 22.9 Å². The molecule has 2 heterocycles. The van der Waals surface area contributed by atoms with Crippen LogP contribution in [-0.4, -0.2) is 31.0 Å². The lowest BCUT2D eigenvalue weighted by atomic mass is 9.85. The second-order valence-electron chi connectivity index (χ2n) is 4.49. The highest BCUT2D eigenvalue weighted by molar-refractivity contribution is 6.31. The van der Waals surface area contributed by atoms with E-state index < -0.39 is 0 Å². The van der Waals surface area contributed by atoms with E-state index in [1.807, 2.05) is 13.0 Å². The zero-order chi connectivity index (χ0) is 12.5. The molecule has 0 aliphatic carbocycles. The first-order valence-corrected chi connectivity index (χ1v) is 6.32. The summed E-state index contributed by atoms with van der Waals surface area (Å²) in [6, 6.07) is -0.0493. The minimum atomic E-state index is -0.253. The van der Waals surface area contributed by atoms with Crippen molar-refractivity contribution in [1.82, 2.24) is 0 Å². The highest BCUT2D eigenvalue weighted by Crippen LogP contribution is 2.49. The number of hydrogen-bond acceptors (Lipinski definition) is 4. The molecule has 2 fully saturated rings. The first kappa shape index (κ1) is 12.9. The molecule has 2 saturated heterocycles. The second kappa shape index (κ2) is 4.98. The largest absolute Gasteiger partial charge is 0.403 e. The van der Waals surface area contributed by atoms with Crippen molar-refractivity contribution in [2.45, 2.75) is 37.5 Å². The molecule has 0 aromatic carbocycles. The van der Waals surface area contributed by atoms with Crippen LogP contribution in [0.3, 0.4) is 0 Å². The van der Waals surface area contributed by atoms with E-state index in [-0.39, 0.29) is 17.7 Å². The molecule has 3 unspecified atom stereocenters. The monoisotopic (exact) mass is 258 g/mol. The van der Waals surface area contributed by atoms with Crippen molar-refractivity contribution in [3.63, 3.8) is 0 Å². The van der Waals surface area contributed by atoms with Crippen molar-refractivity contribution >= 4 is 11.6 Å². The quantitative estimate of drug-likeness (QED) is 0.588. The molecular formula is C12H19ClN2O2. The Morgan fingerprint density at radius 3 is 3.00 bits per heavy atom. The zero-order valence-corrected chi connectivity index (χ0v) is 10.7. The van der Waals surface area contributed by atoms with E-state index in [0.29, 0.717) is 18.2 Å². The van der Waals surface area contributed by atoms with Crippen LogP contribution in [0.1, 0.15) is 19.8 Å². The fourth-order valence-corrected chi connectivity index (χ4v) is 2.50. The van der Waals surface area contributed by atoms with E-state index in [1.165, 1.54) is 6.20 Å². The summed E-state index contributed by atoms with van der Waals surface area (Å²) in [6.07, 6.45) is 5.03. The molecule has 4 nitrogen and oxygen atoms in total. The molecule has 5 heteroatoms. The van der Waals surface area contributed by atoms with Gasteiger partial charge in [0.05, 0.1) is 11.6 Å². The van der Waals surface area contributed by atoms with E-state index >= 15 is 0 Å². The number of halogens is 1. The topological polar surface area (TPSA) is 73.8 Å². The van der Waals surface area contributed by atoms with Gasteiger partial charge in [-0.15, -0.1) is 0 Å². The molecule has 0 aromatic heterocycles. The van der Waals surface area contributed by atoms with Gasteiger partial charge in [-0.3, -0.25) is 0 Å². The van der Waals surface area contributed by atoms with Gasteiger partial charge in [0.15, 0.2) is 0 Å². The molecule has 2 rings (SSSR count). The van der Waals surface area contributed by atoms with Crippen molar-refractivity contribution < 1.29 is 9.47 Å². The number of ether oxygens (including phenoxy) is 2. The Balaban J connectivity index is 2.25. The Bertz CT molecular complexity index is 356. The van der Waals surface area contributed by atoms with E-state index in [4.69, 9.17) is 32.5 Å². The number of allylic oxidation sites excluding steroid dienone is 2. The van der Waals surface area contributed by atoms with Crippen molar-refractivity contribution in [1.29, 1.82) is 0 Å². The van der Waals surface area contributed by atoms with Gasteiger partial charge in [-0.05, 0) is 18.1 Å². The summed E-state index contributed by atoms with van der Waals surface area (Å²) in [7, 11) is 0. The van der Waals surface area contributed by atoms with Gasteiger partial charge >= 0.3 is 0 Å². The average Bonchev–Trinajstić information content (AvgIpc) is 3.09. The van der Waals surface area contributed by atoms with Crippen LogP contribution in [0.25, 0.3) is 0 Å². The molecule has 4 N–H and O–H groups in total. The Labute approximate surface area is 107 Å². The molecule has 2 aliphatic rings. The third-order valence-corrected chi connectivity index (χ3v) is 3.72. The summed E-state index contributed by atoms with van der Waals surface area (Å²) < 4.78 is 11.2. The maximum atomic E-state index is 6.15. The number of hydrogen-bond donors (Lipinski definition) is 2. The van der Waals surface area contributed by atoms with E-state index in [0.717, 1.165) is 18.4 Å². The maximum absolute atomic E-state index is 6.15. The molecule has 0 spiro atoms. The van der Waals surface area contributed by atoms with Crippen LogP contribution in [0.2, 0.25) is 0 Å². The zero-order valence-electron chi connectivity index (χ0n) is 9.99. The van der Waals surface area contributed by atoms with Gasteiger partial charge in [-0.1, -0.05) is 18.5 Å². The summed E-state index contributed by atoms with van der Waals surface area (Å²) in [5, 5.41) is 0.499. The van der Waals surface area contributed by atoms with Crippen LogP contribution in [0.5, 0.6) is 0 Å². The fraction of sp³-hybridized carbons (Fsp3) is 0.667. The van der Waals surface area contributed by atoms with Crippen LogP contribution in [0.4, 0.5) is 0 Å². The van der Waals surface area contributed by atoms with Crippen molar-refractivity contribution in [2.24, 2.45) is 11.5 Å². The van der Waals surface area contributed by atoms with Crippen molar-refractivity contribution in [3.05, 3.63) is 22.9 Å². The lowest BCUT2D eigenvalue weighted by molar-refractivity contribution is 0.102. The van der Waals surface area contributed by atoms with Gasteiger partial charge in [-0.25, -0.2) is 0 Å².